The lowest BCUT2D eigenvalue weighted by Crippen LogP contribution is -2.37. The molecule has 0 aromatic heterocycles. The van der Waals surface area contributed by atoms with Gasteiger partial charge in [0.25, 0.3) is 0 Å². The molecule has 0 radical (unpaired) electrons. The van der Waals surface area contributed by atoms with Crippen LogP contribution in [-0.2, 0) is 0 Å². The lowest BCUT2D eigenvalue weighted by atomic mass is 9.76. The SMILES string of the molecule is CC(C)C1CC(C)C2C3C[N+]32C(C)C1C. The molecule has 7 unspecified atom stereocenters. The molecule has 0 saturated carbocycles. The van der Waals surface area contributed by atoms with E-state index in [1.54, 1.807) is 0 Å². The van der Waals surface area contributed by atoms with Crippen LogP contribution in [0.2, 0.25) is 0 Å². The Labute approximate surface area is 94.4 Å². The normalized spacial score (nSPS) is 62.0. The highest BCUT2D eigenvalue weighted by Gasteiger charge is 2.86. The maximum absolute atomic E-state index is 2.53. The molecule has 0 aromatic rings. The molecule has 1 nitrogen and oxygen atoms in total. The average Bonchev–Trinajstić information content (AvgIpc) is 2.97. The molecule has 3 aliphatic rings. The van der Waals surface area contributed by atoms with Crippen LogP contribution in [0.3, 0.4) is 0 Å². The third-order valence-corrected chi connectivity index (χ3v) is 6.12. The molecule has 86 valence electrons. The Morgan fingerprint density at radius 2 is 1.80 bits per heavy atom. The van der Waals surface area contributed by atoms with Gasteiger partial charge in [-0.2, -0.15) is 0 Å². The van der Waals surface area contributed by atoms with Crippen molar-refractivity contribution in [1.82, 2.24) is 0 Å². The molecular weight excluding hydrogens is 182 g/mol. The molecule has 3 fully saturated rings. The summed E-state index contributed by atoms with van der Waals surface area (Å²) in [6.45, 7) is 13.9. The first-order valence-corrected chi connectivity index (χ1v) is 6.87. The van der Waals surface area contributed by atoms with Gasteiger partial charge in [0, 0.05) is 11.8 Å². The second kappa shape index (κ2) is 2.80. The van der Waals surface area contributed by atoms with Crippen molar-refractivity contribution < 1.29 is 4.48 Å². The van der Waals surface area contributed by atoms with Crippen LogP contribution in [0.5, 0.6) is 0 Å². The van der Waals surface area contributed by atoms with E-state index in [1.807, 2.05) is 0 Å². The first-order chi connectivity index (χ1) is 7.00. The van der Waals surface area contributed by atoms with Gasteiger partial charge in [0.05, 0.1) is 6.04 Å². The van der Waals surface area contributed by atoms with E-state index in [4.69, 9.17) is 0 Å². The van der Waals surface area contributed by atoms with E-state index >= 15 is 0 Å². The zero-order valence-electron chi connectivity index (χ0n) is 10.9. The molecule has 0 aromatic carbocycles. The molecule has 3 rings (SSSR count). The molecule has 15 heavy (non-hydrogen) atoms. The second-order valence-electron chi connectivity index (χ2n) is 6.96. The first-order valence-electron chi connectivity index (χ1n) is 6.87. The van der Waals surface area contributed by atoms with Gasteiger partial charge in [-0.25, -0.2) is 0 Å². The summed E-state index contributed by atoms with van der Waals surface area (Å²) in [7, 11) is 0. The van der Waals surface area contributed by atoms with Crippen molar-refractivity contribution in [1.29, 1.82) is 0 Å². The summed E-state index contributed by atoms with van der Waals surface area (Å²) in [5.41, 5.74) is 0. The molecule has 0 amide bonds. The minimum absolute atomic E-state index is 0.875. The second-order valence-corrected chi connectivity index (χ2v) is 6.96. The molecule has 1 heteroatoms. The molecule has 0 aliphatic carbocycles. The number of hydrogen-bond acceptors (Lipinski definition) is 0. The summed E-state index contributed by atoms with van der Waals surface area (Å²) in [6, 6.07) is 3.12. The van der Waals surface area contributed by atoms with Gasteiger partial charge in [-0.3, -0.25) is 4.48 Å². The Morgan fingerprint density at radius 3 is 2.33 bits per heavy atom. The van der Waals surface area contributed by atoms with Gasteiger partial charge in [-0.1, -0.05) is 27.7 Å². The van der Waals surface area contributed by atoms with Gasteiger partial charge < -0.3 is 0 Å². The molecule has 1 spiro atoms. The average molecular weight is 208 g/mol. The standard InChI is InChI=1S/C14H26N/c1-8(2)12-6-9(3)14-13-7-15(13,14)11(5)10(12)4/h8-14H,6-7H2,1-5H3/q+1. The fraction of sp³-hybridized carbons (Fsp3) is 1.00. The summed E-state index contributed by atoms with van der Waals surface area (Å²) in [5, 5.41) is 0. The zero-order valence-corrected chi connectivity index (χ0v) is 10.9. The highest BCUT2D eigenvalue weighted by Crippen LogP contribution is 2.65. The minimum atomic E-state index is 0.875. The number of hydrogen-bond donors (Lipinski definition) is 0. The summed E-state index contributed by atoms with van der Waals surface area (Å²) in [4.78, 5) is 0. The topological polar surface area (TPSA) is 0 Å². The van der Waals surface area contributed by atoms with Crippen molar-refractivity contribution in [3.8, 4) is 0 Å². The molecule has 7 atom stereocenters. The monoisotopic (exact) mass is 208 g/mol. The van der Waals surface area contributed by atoms with E-state index < -0.39 is 0 Å². The van der Waals surface area contributed by atoms with Crippen molar-refractivity contribution in [2.75, 3.05) is 6.54 Å². The number of rotatable bonds is 1. The Kier molecular flexibility index (Phi) is 1.89. The third-order valence-electron chi connectivity index (χ3n) is 6.12. The van der Waals surface area contributed by atoms with Crippen molar-refractivity contribution in [3.05, 3.63) is 0 Å². The minimum Gasteiger partial charge on any atom is -0.296 e. The number of quaternary nitrogens is 1. The smallest absolute Gasteiger partial charge is 0.192 e. The van der Waals surface area contributed by atoms with Crippen LogP contribution in [0, 0.1) is 23.7 Å². The van der Waals surface area contributed by atoms with Gasteiger partial charge in [0.1, 0.15) is 6.54 Å². The molecule has 3 aliphatic heterocycles. The van der Waals surface area contributed by atoms with Gasteiger partial charge in [0.15, 0.2) is 12.1 Å². The van der Waals surface area contributed by atoms with E-state index in [1.165, 1.54) is 17.4 Å². The van der Waals surface area contributed by atoms with Crippen molar-refractivity contribution in [3.63, 3.8) is 0 Å². The fourth-order valence-corrected chi connectivity index (χ4v) is 4.92. The molecule has 0 bridgehead atoms. The molecule has 3 heterocycles. The quantitative estimate of drug-likeness (QED) is 0.459. The Bertz CT molecular complexity index is 285. The molecule has 0 N–H and O–H groups in total. The van der Waals surface area contributed by atoms with Gasteiger partial charge in [-0.15, -0.1) is 0 Å². The van der Waals surface area contributed by atoms with E-state index in [-0.39, 0.29) is 0 Å². The van der Waals surface area contributed by atoms with Crippen LogP contribution >= 0.6 is 0 Å². The fourth-order valence-electron chi connectivity index (χ4n) is 4.92. The Hall–Kier alpha value is -0.0400. The molecular formula is C14H26N+. The van der Waals surface area contributed by atoms with Gasteiger partial charge in [0.2, 0.25) is 0 Å². The predicted molar refractivity (Wildman–Crippen MR) is 63.4 cm³/mol. The highest BCUT2D eigenvalue weighted by atomic mass is 15.7. The van der Waals surface area contributed by atoms with Crippen LogP contribution < -0.4 is 0 Å². The summed E-state index contributed by atoms with van der Waals surface area (Å²) in [6.07, 6.45) is 1.49. The third kappa shape index (κ3) is 1.08. The lowest BCUT2D eigenvalue weighted by molar-refractivity contribution is -0.757. The first kappa shape index (κ1) is 10.1. The Morgan fingerprint density at radius 1 is 1.13 bits per heavy atom. The predicted octanol–water partition coefficient (Wildman–Crippen LogP) is 2.90. The maximum atomic E-state index is 2.53. The summed E-state index contributed by atoms with van der Waals surface area (Å²) in [5.74, 6) is 3.77. The van der Waals surface area contributed by atoms with E-state index in [2.05, 4.69) is 34.6 Å². The van der Waals surface area contributed by atoms with E-state index in [0.29, 0.717) is 0 Å². The maximum Gasteiger partial charge on any atom is 0.192 e. The lowest BCUT2D eigenvalue weighted by Gasteiger charge is -2.30. The number of nitrogens with zero attached hydrogens (tertiary/aromatic N) is 1. The zero-order chi connectivity index (χ0) is 11.0. The van der Waals surface area contributed by atoms with Crippen LogP contribution in [0.15, 0.2) is 0 Å². The highest BCUT2D eigenvalue weighted by molar-refractivity contribution is 5.09. The van der Waals surface area contributed by atoms with Crippen molar-refractivity contribution >= 4 is 0 Å². The van der Waals surface area contributed by atoms with Gasteiger partial charge >= 0.3 is 0 Å². The summed E-state index contributed by atoms with van der Waals surface area (Å²) >= 11 is 0. The van der Waals surface area contributed by atoms with Gasteiger partial charge in [-0.05, 0) is 25.2 Å². The molecule has 3 saturated heterocycles. The van der Waals surface area contributed by atoms with Crippen LogP contribution in [-0.4, -0.2) is 29.2 Å². The van der Waals surface area contributed by atoms with Crippen LogP contribution in [0.1, 0.15) is 41.0 Å². The van der Waals surface area contributed by atoms with Crippen molar-refractivity contribution in [2.24, 2.45) is 23.7 Å². The summed E-state index contributed by atoms with van der Waals surface area (Å²) < 4.78 is 1.53. The van der Waals surface area contributed by atoms with E-state index in [9.17, 15) is 0 Å². The van der Waals surface area contributed by atoms with E-state index in [0.717, 1.165) is 41.8 Å². The largest absolute Gasteiger partial charge is 0.296 e. The van der Waals surface area contributed by atoms with Crippen molar-refractivity contribution in [2.45, 2.75) is 59.2 Å². The Balaban J connectivity index is 1.86. The van der Waals surface area contributed by atoms with Crippen LogP contribution in [0.25, 0.3) is 0 Å². The van der Waals surface area contributed by atoms with Crippen LogP contribution in [0.4, 0.5) is 0 Å². The number of fused-ring (bicyclic) bond motifs is 1.